The first-order chi connectivity index (χ1) is 6.47. The standard InChI is InChI=1S/C11H15ClFN/c1-11(2,5-6-14)9-4-3-8(13)7-10(9)12/h3-4,7H,5-6,14H2,1-2H3. The van der Waals surface area contributed by atoms with Gasteiger partial charge in [-0.1, -0.05) is 31.5 Å². The Kier molecular flexibility index (Phi) is 3.51. The van der Waals surface area contributed by atoms with E-state index in [2.05, 4.69) is 13.8 Å². The highest BCUT2D eigenvalue weighted by molar-refractivity contribution is 6.31. The van der Waals surface area contributed by atoms with Crippen LogP contribution in [0.2, 0.25) is 5.02 Å². The van der Waals surface area contributed by atoms with Gasteiger partial charge in [0.05, 0.1) is 0 Å². The molecule has 0 heterocycles. The van der Waals surface area contributed by atoms with Gasteiger partial charge in [0.25, 0.3) is 0 Å². The van der Waals surface area contributed by atoms with Crippen molar-refractivity contribution in [2.24, 2.45) is 5.73 Å². The van der Waals surface area contributed by atoms with Gasteiger partial charge >= 0.3 is 0 Å². The fourth-order valence-electron chi connectivity index (χ4n) is 1.53. The van der Waals surface area contributed by atoms with Crippen molar-refractivity contribution < 1.29 is 4.39 Å². The summed E-state index contributed by atoms with van der Waals surface area (Å²) in [6.07, 6.45) is 0.832. The van der Waals surface area contributed by atoms with Crippen LogP contribution in [0.5, 0.6) is 0 Å². The van der Waals surface area contributed by atoms with Crippen LogP contribution in [-0.2, 0) is 5.41 Å². The van der Waals surface area contributed by atoms with Crippen LogP contribution < -0.4 is 5.73 Å². The lowest BCUT2D eigenvalue weighted by Gasteiger charge is -2.25. The van der Waals surface area contributed by atoms with Gasteiger partial charge in [0.2, 0.25) is 0 Å². The number of hydrogen-bond acceptors (Lipinski definition) is 1. The largest absolute Gasteiger partial charge is 0.330 e. The van der Waals surface area contributed by atoms with Gasteiger partial charge in [-0.05, 0) is 36.1 Å². The third-order valence-corrected chi connectivity index (χ3v) is 2.74. The Morgan fingerprint density at radius 2 is 2.07 bits per heavy atom. The molecule has 0 spiro atoms. The lowest BCUT2D eigenvalue weighted by molar-refractivity contribution is 0.486. The molecule has 0 bridgehead atoms. The molecule has 3 heteroatoms. The number of halogens is 2. The molecule has 0 unspecified atom stereocenters. The minimum Gasteiger partial charge on any atom is -0.330 e. The third kappa shape index (κ3) is 2.46. The summed E-state index contributed by atoms with van der Waals surface area (Å²) in [7, 11) is 0. The monoisotopic (exact) mass is 215 g/mol. The summed E-state index contributed by atoms with van der Waals surface area (Å²) in [6, 6.07) is 4.50. The highest BCUT2D eigenvalue weighted by Crippen LogP contribution is 2.32. The van der Waals surface area contributed by atoms with Crippen molar-refractivity contribution in [1.29, 1.82) is 0 Å². The molecular weight excluding hydrogens is 201 g/mol. The van der Waals surface area contributed by atoms with E-state index in [9.17, 15) is 4.39 Å². The number of nitrogens with two attached hydrogens (primary N) is 1. The first-order valence-corrected chi connectivity index (χ1v) is 5.01. The summed E-state index contributed by atoms with van der Waals surface area (Å²) in [5, 5.41) is 0.475. The van der Waals surface area contributed by atoms with Crippen LogP contribution in [0.3, 0.4) is 0 Å². The Labute approximate surface area is 89.1 Å². The summed E-state index contributed by atoms with van der Waals surface area (Å²) in [5.74, 6) is -0.303. The van der Waals surface area contributed by atoms with Crippen molar-refractivity contribution in [1.82, 2.24) is 0 Å². The van der Waals surface area contributed by atoms with Crippen molar-refractivity contribution in [3.8, 4) is 0 Å². The Hall–Kier alpha value is -0.600. The number of hydrogen-bond donors (Lipinski definition) is 1. The van der Waals surface area contributed by atoms with Gasteiger partial charge in [-0.2, -0.15) is 0 Å². The maximum Gasteiger partial charge on any atom is 0.124 e. The summed E-state index contributed by atoms with van der Waals surface area (Å²) < 4.78 is 12.8. The average Bonchev–Trinajstić information content (AvgIpc) is 2.02. The quantitative estimate of drug-likeness (QED) is 0.824. The van der Waals surface area contributed by atoms with Gasteiger partial charge in [-0.15, -0.1) is 0 Å². The van der Waals surface area contributed by atoms with Crippen LogP contribution in [0.15, 0.2) is 18.2 Å². The molecule has 1 aromatic carbocycles. The fourth-order valence-corrected chi connectivity index (χ4v) is 1.96. The van der Waals surface area contributed by atoms with Gasteiger partial charge < -0.3 is 5.73 Å². The van der Waals surface area contributed by atoms with E-state index in [0.29, 0.717) is 11.6 Å². The van der Waals surface area contributed by atoms with E-state index < -0.39 is 0 Å². The lowest BCUT2D eigenvalue weighted by atomic mass is 9.81. The molecule has 1 aromatic rings. The van der Waals surface area contributed by atoms with Crippen LogP contribution in [0.25, 0.3) is 0 Å². The second kappa shape index (κ2) is 4.28. The zero-order valence-corrected chi connectivity index (χ0v) is 9.24. The fraction of sp³-hybridized carbons (Fsp3) is 0.455. The Balaban J connectivity index is 3.06. The van der Waals surface area contributed by atoms with Crippen LogP contribution in [0, 0.1) is 5.82 Å². The molecule has 0 saturated carbocycles. The second-order valence-corrected chi connectivity index (χ2v) is 4.45. The molecule has 0 aromatic heterocycles. The molecule has 1 nitrogen and oxygen atoms in total. The van der Waals surface area contributed by atoms with E-state index in [1.807, 2.05) is 0 Å². The maximum atomic E-state index is 12.8. The number of rotatable bonds is 3. The van der Waals surface area contributed by atoms with Gasteiger partial charge in [0.1, 0.15) is 5.82 Å². The van der Waals surface area contributed by atoms with E-state index in [0.717, 1.165) is 12.0 Å². The smallest absolute Gasteiger partial charge is 0.124 e. The Bertz CT molecular complexity index is 323. The van der Waals surface area contributed by atoms with Crippen molar-refractivity contribution in [3.05, 3.63) is 34.6 Å². The van der Waals surface area contributed by atoms with Crippen LogP contribution >= 0.6 is 11.6 Å². The molecule has 78 valence electrons. The third-order valence-electron chi connectivity index (χ3n) is 2.43. The van der Waals surface area contributed by atoms with Crippen LogP contribution in [0.4, 0.5) is 4.39 Å². The molecule has 0 radical (unpaired) electrons. The molecule has 14 heavy (non-hydrogen) atoms. The Morgan fingerprint density at radius 3 is 2.57 bits per heavy atom. The summed E-state index contributed by atoms with van der Waals surface area (Å²) in [5.41, 5.74) is 6.37. The van der Waals surface area contributed by atoms with E-state index in [1.54, 1.807) is 6.07 Å². The zero-order chi connectivity index (χ0) is 10.8. The highest BCUT2D eigenvalue weighted by Gasteiger charge is 2.22. The van der Waals surface area contributed by atoms with Crippen molar-refractivity contribution >= 4 is 11.6 Å². The van der Waals surface area contributed by atoms with Crippen molar-refractivity contribution in [2.75, 3.05) is 6.54 Å². The molecule has 0 fully saturated rings. The molecular formula is C11H15ClFN. The van der Waals surface area contributed by atoms with E-state index in [-0.39, 0.29) is 11.2 Å². The van der Waals surface area contributed by atoms with Crippen LogP contribution in [-0.4, -0.2) is 6.54 Å². The van der Waals surface area contributed by atoms with E-state index in [1.165, 1.54) is 12.1 Å². The van der Waals surface area contributed by atoms with Gasteiger partial charge in [-0.3, -0.25) is 0 Å². The molecule has 0 aliphatic heterocycles. The molecule has 0 amide bonds. The molecule has 1 rings (SSSR count). The maximum absolute atomic E-state index is 12.8. The van der Waals surface area contributed by atoms with Crippen molar-refractivity contribution in [2.45, 2.75) is 25.7 Å². The molecule has 0 saturated heterocycles. The minimum atomic E-state index is -0.303. The topological polar surface area (TPSA) is 26.0 Å². The predicted molar refractivity (Wildman–Crippen MR) is 58.1 cm³/mol. The van der Waals surface area contributed by atoms with E-state index in [4.69, 9.17) is 17.3 Å². The van der Waals surface area contributed by atoms with Crippen molar-refractivity contribution in [3.63, 3.8) is 0 Å². The van der Waals surface area contributed by atoms with Gasteiger partial charge in [-0.25, -0.2) is 4.39 Å². The average molecular weight is 216 g/mol. The normalized spacial score (nSPS) is 11.8. The summed E-state index contributed by atoms with van der Waals surface area (Å²) in [6.45, 7) is 4.71. The summed E-state index contributed by atoms with van der Waals surface area (Å²) >= 11 is 5.97. The molecule has 2 N–H and O–H groups in total. The molecule has 0 atom stereocenters. The predicted octanol–water partition coefficient (Wildman–Crippen LogP) is 3.11. The molecule has 0 aliphatic carbocycles. The highest BCUT2D eigenvalue weighted by atomic mass is 35.5. The van der Waals surface area contributed by atoms with Gasteiger partial charge in [0.15, 0.2) is 0 Å². The first kappa shape index (κ1) is 11.5. The first-order valence-electron chi connectivity index (χ1n) is 4.63. The second-order valence-electron chi connectivity index (χ2n) is 4.05. The number of benzene rings is 1. The van der Waals surface area contributed by atoms with E-state index >= 15 is 0 Å². The Morgan fingerprint density at radius 1 is 1.43 bits per heavy atom. The lowest BCUT2D eigenvalue weighted by Crippen LogP contribution is -2.22. The minimum absolute atomic E-state index is 0.0977. The zero-order valence-electron chi connectivity index (χ0n) is 8.48. The summed E-state index contributed by atoms with van der Waals surface area (Å²) in [4.78, 5) is 0. The van der Waals surface area contributed by atoms with Gasteiger partial charge in [0, 0.05) is 5.02 Å². The van der Waals surface area contributed by atoms with Crippen LogP contribution in [0.1, 0.15) is 25.8 Å². The molecule has 0 aliphatic rings. The SMILES string of the molecule is CC(C)(CCN)c1ccc(F)cc1Cl.